The first kappa shape index (κ1) is 21.5. The number of amides is 1. The number of esters is 1. The van der Waals surface area contributed by atoms with Crippen molar-refractivity contribution >= 4 is 33.2 Å². The Hall–Kier alpha value is -2.17. The first-order valence-electron chi connectivity index (χ1n) is 9.26. The van der Waals surface area contributed by atoms with Crippen molar-refractivity contribution in [2.45, 2.75) is 37.6 Å². The van der Waals surface area contributed by atoms with Gasteiger partial charge >= 0.3 is 5.97 Å². The van der Waals surface area contributed by atoms with Gasteiger partial charge in [-0.15, -0.1) is 11.3 Å². The summed E-state index contributed by atoms with van der Waals surface area (Å²) in [6.45, 7) is 2.69. The van der Waals surface area contributed by atoms with Crippen molar-refractivity contribution < 1.29 is 27.2 Å². The molecule has 2 aromatic heterocycles. The Labute approximate surface area is 174 Å². The summed E-state index contributed by atoms with van der Waals surface area (Å²) in [5.41, 5.74) is 0.299. The fourth-order valence-electron chi connectivity index (χ4n) is 3.31. The first-order valence-corrected chi connectivity index (χ1v) is 11.6. The molecule has 158 valence electrons. The highest BCUT2D eigenvalue weighted by molar-refractivity contribution is 7.89. The van der Waals surface area contributed by atoms with Crippen LogP contribution in [0.15, 0.2) is 26.8 Å². The second kappa shape index (κ2) is 8.68. The predicted octanol–water partition coefficient (Wildman–Crippen LogP) is 2.88. The Kier molecular flexibility index (Phi) is 6.45. The molecule has 3 heterocycles. The summed E-state index contributed by atoms with van der Waals surface area (Å²) < 4.78 is 37.7. The molecule has 2 aromatic rings. The van der Waals surface area contributed by atoms with Crippen LogP contribution in [-0.2, 0) is 21.3 Å². The number of nitrogens with zero attached hydrogens (tertiary/aromatic N) is 2. The molecular formula is C19H24N2O6S2. The molecule has 0 bridgehead atoms. The fourth-order valence-corrected chi connectivity index (χ4v) is 6.22. The molecule has 1 aliphatic rings. The van der Waals surface area contributed by atoms with Gasteiger partial charge in [-0.25, -0.2) is 13.2 Å². The number of hydrogen-bond acceptors (Lipinski definition) is 7. The molecule has 0 aromatic carbocycles. The average Bonchev–Trinajstić information content (AvgIpc) is 3.34. The third kappa shape index (κ3) is 4.39. The van der Waals surface area contributed by atoms with E-state index in [1.807, 2.05) is 0 Å². The second-order valence-corrected chi connectivity index (χ2v) is 9.74. The predicted molar refractivity (Wildman–Crippen MR) is 108 cm³/mol. The smallest absolute Gasteiger partial charge is 0.341 e. The number of hydrogen-bond donors (Lipinski definition) is 0. The van der Waals surface area contributed by atoms with E-state index in [2.05, 4.69) is 0 Å². The van der Waals surface area contributed by atoms with Gasteiger partial charge in [-0.3, -0.25) is 4.79 Å². The Balaban J connectivity index is 1.79. The van der Waals surface area contributed by atoms with Crippen molar-refractivity contribution in [1.82, 2.24) is 9.21 Å². The van der Waals surface area contributed by atoms with Gasteiger partial charge in [-0.2, -0.15) is 4.31 Å². The fraction of sp³-hybridized carbons (Fsp3) is 0.474. The summed E-state index contributed by atoms with van der Waals surface area (Å²) in [4.78, 5) is 26.3. The van der Waals surface area contributed by atoms with E-state index in [0.717, 1.165) is 30.6 Å². The Morgan fingerprint density at radius 1 is 1.28 bits per heavy atom. The number of furan rings is 1. The van der Waals surface area contributed by atoms with Crippen LogP contribution in [0, 0.1) is 6.92 Å². The van der Waals surface area contributed by atoms with E-state index in [4.69, 9.17) is 9.15 Å². The standard InChI is InChI=1S/C19H24N2O6S2/c1-13-15(19(23)26-3)11-14(27-13)12-20(2)18(22)17-16(7-10-28-17)29(24,25)21-8-5-4-6-9-21/h7,10-11H,4-6,8-9,12H2,1-3H3. The topological polar surface area (TPSA) is 97.1 Å². The molecule has 1 saturated heterocycles. The number of sulfonamides is 1. The Morgan fingerprint density at radius 3 is 2.62 bits per heavy atom. The van der Waals surface area contributed by atoms with Crippen LogP contribution >= 0.6 is 11.3 Å². The van der Waals surface area contributed by atoms with Crippen LogP contribution in [0.25, 0.3) is 0 Å². The summed E-state index contributed by atoms with van der Waals surface area (Å²) in [6.07, 6.45) is 2.67. The monoisotopic (exact) mass is 440 g/mol. The molecule has 1 aliphatic heterocycles. The zero-order valence-corrected chi connectivity index (χ0v) is 18.3. The second-order valence-electron chi connectivity index (χ2n) is 6.91. The van der Waals surface area contributed by atoms with E-state index in [-0.39, 0.29) is 16.3 Å². The van der Waals surface area contributed by atoms with E-state index in [9.17, 15) is 18.0 Å². The molecule has 0 saturated carbocycles. The number of carbonyl (C=O) groups excluding carboxylic acids is 2. The summed E-state index contributed by atoms with van der Waals surface area (Å²) in [5, 5.41) is 1.62. The maximum absolute atomic E-state index is 13.0. The van der Waals surface area contributed by atoms with Crippen LogP contribution in [0.3, 0.4) is 0 Å². The lowest BCUT2D eigenvalue weighted by molar-refractivity contribution is 0.0598. The van der Waals surface area contributed by atoms with Gasteiger partial charge in [0.1, 0.15) is 26.9 Å². The highest BCUT2D eigenvalue weighted by Crippen LogP contribution is 2.29. The molecular weight excluding hydrogens is 416 g/mol. The maximum atomic E-state index is 13.0. The van der Waals surface area contributed by atoms with Gasteiger partial charge in [0.2, 0.25) is 10.0 Å². The third-order valence-corrected chi connectivity index (χ3v) is 7.84. The van der Waals surface area contributed by atoms with Crippen molar-refractivity contribution in [2.75, 3.05) is 27.2 Å². The molecule has 8 nitrogen and oxygen atoms in total. The average molecular weight is 441 g/mol. The Bertz CT molecular complexity index is 1000. The Morgan fingerprint density at radius 2 is 1.97 bits per heavy atom. The van der Waals surface area contributed by atoms with Gasteiger partial charge in [0.25, 0.3) is 5.91 Å². The van der Waals surface area contributed by atoms with Crippen molar-refractivity contribution in [3.63, 3.8) is 0 Å². The molecule has 0 spiro atoms. The molecule has 0 atom stereocenters. The van der Waals surface area contributed by atoms with Crippen molar-refractivity contribution in [2.24, 2.45) is 0 Å². The number of piperidine rings is 1. The van der Waals surface area contributed by atoms with E-state index < -0.39 is 21.9 Å². The zero-order chi connectivity index (χ0) is 21.2. The summed E-state index contributed by atoms with van der Waals surface area (Å²) in [5.74, 6) is -0.114. The van der Waals surface area contributed by atoms with Gasteiger partial charge in [0.05, 0.1) is 13.7 Å². The van der Waals surface area contributed by atoms with Gasteiger partial charge in [-0.1, -0.05) is 6.42 Å². The quantitative estimate of drug-likeness (QED) is 0.641. The minimum Gasteiger partial charge on any atom is -0.465 e. The third-order valence-electron chi connectivity index (χ3n) is 4.87. The number of aryl methyl sites for hydroxylation is 1. The maximum Gasteiger partial charge on any atom is 0.341 e. The molecule has 0 aliphatic carbocycles. The number of ether oxygens (including phenoxy) is 1. The largest absolute Gasteiger partial charge is 0.465 e. The number of methoxy groups -OCH3 is 1. The highest BCUT2D eigenvalue weighted by Gasteiger charge is 2.32. The van der Waals surface area contributed by atoms with Gasteiger partial charge < -0.3 is 14.1 Å². The van der Waals surface area contributed by atoms with Crippen LogP contribution in [-0.4, -0.2) is 56.7 Å². The van der Waals surface area contributed by atoms with Crippen LogP contribution in [0.5, 0.6) is 0 Å². The van der Waals surface area contributed by atoms with Gasteiger partial charge in [0, 0.05) is 20.1 Å². The molecule has 29 heavy (non-hydrogen) atoms. The minimum absolute atomic E-state index is 0.0483. The molecule has 1 amide bonds. The van der Waals surface area contributed by atoms with Crippen LogP contribution in [0.4, 0.5) is 0 Å². The molecule has 0 radical (unpaired) electrons. The molecule has 0 N–H and O–H groups in total. The lowest BCUT2D eigenvalue weighted by Crippen LogP contribution is -2.36. The number of thiophene rings is 1. The van der Waals surface area contributed by atoms with E-state index >= 15 is 0 Å². The van der Waals surface area contributed by atoms with Crippen LogP contribution < -0.4 is 0 Å². The van der Waals surface area contributed by atoms with Crippen LogP contribution in [0.2, 0.25) is 0 Å². The molecule has 10 heteroatoms. The summed E-state index contributed by atoms with van der Waals surface area (Å²) in [7, 11) is -0.859. The minimum atomic E-state index is -3.71. The van der Waals surface area contributed by atoms with Gasteiger partial charge in [-0.05, 0) is 37.3 Å². The normalized spacial score (nSPS) is 15.3. The molecule has 0 unspecified atom stereocenters. The van der Waals surface area contributed by atoms with E-state index in [1.165, 1.54) is 28.4 Å². The van der Waals surface area contributed by atoms with Crippen molar-refractivity contribution in [3.8, 4) is 0 Å². The molecule has 3 rings (SSSR count). The van der Waals surface area contributed by atoms with Crippen LogP contribution in [0.1, 0.15) is 50.8 Å². The zero-order valence-electron chi connectivity index (χ0n) is 16.6. The highest BCUT2D eigenvalue weighted by atomic mass is 32.2. The van der Waals surface area contributed by atoms with E-state index in [1.54, 1.807) is 19.4 Å². The number of carbonyl (C=O) groups is 2. The van der Waals surface area contributed by atoms with Gasteiger partial charge in [0.15, 0.2) is 0 Å². The van der Waals surface area contributed by atoms with Crippen molar-refractivity contribution in [3.05, 3.63) is 39.5 Å². The first-order chi connectivity index (χ1) is 13.8. The lowest BCUT2D eigenvalue weighted by atomic mass is 10.2. The number of rotatable bonds is 6. The summed E-state index contributed by atoms with van der Waals surface area (Å²) in [6, 6.07) is 3.02. The van der Waals surface area contributed by atoms with E-state index in [0.29, 0.717) is 30.2 Å². The summed E-state index contributed by atoms with van der Waals surface area (Å²) >= 11 is 1.10. The lowest BCUT2D eigenvalue weighted by Gasteiger charge is -2.26. The molecule has 1 fully saturated rings. The SMILES string of the molecule is COC(=O)c1cc(CN(C)C(=O)c2sccc2S(=O)(=O)N2CCCCC2)oc1C. The van der Waals surface area contributed by atoms with Crippen molar-refractivity contribution in [1.29, 1.82) is 0 Å².